The van der Waals surface area contributed by atoms with Crippen molar-refractivity contribution in [2.24, 2.45) is 11.7 Å². The van der Waals surface area contributed by atoms with Crippen molar-refractivity contribution in [3.05, 3.63) is 33.1 Å². The predicted octanol–water partition coefficient (Wildman–Crippen LogP) is 2.17. The Balaban J connectivity index is 2.66. The summed E-state index contributed by atoms with van der Waals surface area (Å²) in [6.45, 7) is 2.15. The summed E-state index contributed by atoms with van der Waals surface area (Å²) in [5.74, 6) is -0.149. The number of hydrogen-bond acceptors (Lipinski definition) is 3. The fourth-order valence-corrected chi connectivity index (χ4v) is 4.24. The predicted molar refractivity (Wildman–Crippen MR) is 67.5 cm³/mol. The average molecular weight is 302 g/mol. The third kappa shape index (κ3) is 1.63. The van der Waals surface area contributed by atoms with E-state index in [0.717, 1.165) is 10.0 Å². The Hall–Kier alpha value is -0.650. The number of halogens is 1. The van der Waals surface area contributed by atoms with Crippen molar-refractivity contribution in [3.63, 3.8) is 0 Å². The molecule has 1 aliphatic rings. The number of fused-ring (bicyclic) bond motifs is 1. The van der Waals surface area contributed by atoms with E-state index in [1.54, 1.807) is 18.2 Å². The SMILES string of the molecule is CC(CN)C1=Cc2c(Br)cccc2S1(=O)=O. The Labute approximate surface area is 103 Å². The largest absolute Gasteiger partial charge is 0.330 e. The first kappa shape index (κ1) is 11.8. The van der Waals surface area contributed by atoms with Crippen LogP contribution >= 0.6 is 15.9 Å². The van der Waals surface area contributed by atoms with Gasteiger partial charge >= 0.3 is 0 Å². The molecule has 1 atom stereocenters. The molecule has 0 saturated carbocycles. The lowest BCUT2D eigenvalue weighted by molar-refractivity contribution is 0.594. The fraction of sp³-hybridized carbons (Fsp3) is 0.273. The van der Waals surface area contributed by atoms with Crippen molar-refractivity contribution in [2.75, 3.05) is 6.54 Å². The standard InChI is InChI=1S/C11H12BrNO2S/c1-7(6-13)11-5-8-9(12)3-2-4-10(8)16(11,14)15/h2-5,7H,6,13H2,1H3. The molecule has 0 aromatic heterocycles. The molecule has 1 heterocycles. The molecule has 0 aliphatic carbocycles. The van der Waals surface area contributed by atoms with E-state index in [0.29, 0.717) is 16.3 Å². The zero-order chi connectivity index (χ0) is 11.9. The van der Waals surface area contributed by atoms with Gasteiger partial charge in [-0.3, -0.25) is 0 Å². The molecule has 16 heavy (non-hydrogen) atoms. The Morgan fingerprint density at radius 3 is 2.69 bits per heavy atom. The summed E-state index contributed by atoms with van der Waals surface area (Å²) >= 11 is 3.36. The van der Waals surface area contributed by atoms with E-state index in [1.165, 1.54) is 0 Å². The van der Waals surface area contributed by atoms with Crippen LogP contribution in [0.2, 0.25) is 0 Å². The summed E-state index contributed by atoms with van der Waals surface area (Å²) in [5.41, 5.74) is 6.26. The summed E-state index contributed by atoms with van der Waals surface area (Å²) < 4.78 is 25.2. The highest BCUT2D eigenvalue weighted by atomic mass is 79.9. The maximum Gasteiger partial charge on any atom is 0.203 e. The second-order valence-electron chi connectivity index (χ2n) is 3.84. The molecule has 0 amide bonds. The van der Waals surface area contributed by atoms with Crippen molar-refractivity contribution in [1.82, 2.24) is 0 Å². The maximum absolute atomic E-state index is 12.2. The number of benzene rings is 1. The normalized spacial score (nSPS) is 19.1. The van der Waals surface area contributed by atoms with Crippen LogP contribution in [0.5, 0.6) is 0 Å². The highest BCUT2D eigenvalue weighted by molar-refractivity contribution is 9.10. The van der Waals surface area contributed by atoms with Gasteiger partial charge in [0, 0.05) is 16.0 Å². The molecule has 2 rings (SSSR count). The number of rotatable bonds is 2. The number of hydrogen-bond donors (Lipinski definition) is 1. The molecule has 3 nitrogen and oxygen atoms in total. The van der Waals surface area contributed by atoms with Crippen LogP contribution in [0.4, 0.5) is 0 Å². The highest BCUT2D eigenvalue weighted by Gasteiger charge is 2.32. The minimum atomic E-state index is -3.33. The van der Waals surface area contributed by atoms with Crippen LogP contribution < -0.4 is 5.73 Å². The van der Waals surface area contributed by atoms with Gasteiger partial charge in [0.2, 0.25) is 9.84 Å². The second-order valence-corrected chi connectivity index (χ2v) is 6.61. The molecule has 2 N–H and O–H groups in total. The van der Waals surface area contributed by atoms with E-state index >= 15 is 0 Å². The van der Waals surface area contributed by atoms with Crippen molar-refractivity contribution >= 4 is 31.8 Å². The Kier molecular flexibility index (Phi) is 2.94. The van der Waals surface area contributed by atoms with Gasteiger partial charge in [0.25, 0.3) is 0 Å². The lowest BCUT2D eigenvalue weighted by Crippen LogP contribution is -2.17. The second kappa shape index (κ2) is 3.98. The minimum Gasteiger partial charge on any atom is -0.330 e. The zero-order valence-corrected chi connectivity index (χ0v) is 11.2. The van der Waals surface area contributed by atoms with E-state index in [2.05, 4.69) is 15.9 Å². The average Bonchev–Trinajstić information content (AvgIpc) is 2.52. The fourth-order valence-electron chi connectivity index (χ4n) is 1.76. The molecule has 0 bridgehead atoms. The molecule has 1 aromatic carbocycles. The number of nitrogens with two attached hydrogens (primary N) is 1. The molecule has 1 aromatic rings. The van der Waals surface area contributed by atoms with E-state index in [4.69, 9.17) is 5.73 Å². The summed E-state index contributed by atoms with van der Waals surface area (Å²) in [7, 11) is -3.33. The summed E-state index contributed by atoms with van der Waals surface area (Å²) in [4.78, 5) is 0.786. The molecular weight excluding hydrogens is 290 g/mol. The zero-order valence-electron chi connectivity index (χ0n) is 8.77. The minimum absolute atomic E-state index is 0.149. The third-order valence-corrected chi connectivity index (χ3v) is 5.51. The van der Waals surface area contributed by atoms with Crippen LogP contribution in [0.25, 0.3) is 6.08 Å². The lowest BCUT2D eigenvalue weighted by Gasteiger charge is -2.09. The van der Waals surface area contributed by atoms with Crippen molar-refractivity contribution < 1.29 is 8.42 Å². The van der Waals surface area contributed by atoms with Gasteiger partial charge < -0.3 is 5.73 Å². The molecule has 86 valence electrons. The smallest absolute Gasteiger partial charge is 0.203 e. The first-order chi connectivity index (χ1) is 7.48. The van der Waals surface area contributed by atoms with Gasteiger partial charge in [-0.05, 0) is 24.8 Å². The van der Waals surface area contributed by atoms with Crippen LogP contribution in [0.15, 0.2) is 32.5 Å². The van der Waals surface area contributed by atoms with E-state index in [-0.39, 0.29) is 5.92 Å². The Morgan fingerprint density at radius 1 is 1.44 bits per heavy atom. The van der Waals surface area contributed by atoms with Gasteiger partial charge in [0.05, 0.1) is 9.80 Å². The summed E-state index contributed by atoms with van der Waals surface area (Å²) in [6.07, 6.45) is 1.71. The van der Waals surface area contributed by atoms with Crippen molar-refractivity contribution in [2.45, 2.75) is 11.8 Å². The Bertz CT molecular complexity index is 563. The van der Waals surface area contributed by atoms with E-state index < -0.39 is 9.84 Å². The molecule has 0 saturated heterocycles. The summed E-state index contributed by atoms with van der Waals surface area (Å²) in [5, 5.41) is 0. The quantitative estimate of drug-likeness (QED) is 0.911. The maximum atomic E-state index is 12.2. The van der Waals surface area contributed by atoms with Gasteiger partial charge in [-0.15, -0.1) is 0 Å². The molecule has 1 unspecified atom stereocenters. The van der Waals surface area contributed by atoms with Gasteiger partial charge in [-0.25, -0.2) is 8.42 Å². The molecule has 5 heteroatoms. The van der Waals surface area contributed by atoms with E-state index in [1.807, 2.05) is 13.0 Å². The highest BCUT2D eigenvalue weighted by Crippen LogP contribution is 2.39. The van der Waals surface area contributed by atoms with Crippen LogP contribution in [0, 0.1) is 5.92 Å². The van der Waals surface area contributed by atoms with Gasteiger partial charge in [0.15, 0.2) is 0 Å². The van der Waals surface area contributed by atoms with Crippen LogP contribution in [0.3, 0.4) is 0 Å². The van der Waals surface area contributed by atoms with Gasteiger partial charge in [0.1, 0.15) is 0 Å². The lowest BCUT2D eigenvalue weighted by atomic mass is 10.1. The van der Waals surface area contributed by atoms with Crippen LogP contribution in [0.1, 0.15) is 12.5 Å². The van der Waals surface area contributed by atoms with Crippen molar-refractivity contribution in [1.29, 1.82) is 0 Å². The third-order valence-electron chi connectivity index (χ3n) is 2.74. The number of sulfone groups is 1. The van der Waals surface area contributed by atoms with Crippen LogP contribution in [-0.4, -0.2) is 15.0 Å². The molecule has 0 radical (unpaired) electrons. The first-order valence-electron chi connectivity index (χ1n) is 4.93. The monoisotopic (exact) mass is 301 g/mol. The molecule has 0 fully saturated rings. The van der Waals surface area contributed by atoms with Crippen molar-refractivity contribution in [3.8, 4) is 0 Å². The molecular formula is C11H12BrNO2S. The summed E-state index contributed by atoms with van der Waals surface area (Å²) in [6, 6.07) is 5.19. The van der Waals surface area contributed by atoms with E-state index in [9.17, 15) is 8.42 Å². The first-order valence-corrected chi connectivity index (χ1v) is 7.21. The topological polar surface area (TPSA) is 60.2 Å². The molecule has 0 spiro atoms. The van der Waals surface area contributed by atoms with Gasteiger partial charge in [-0.1, -0.05) is 28.9 Å². The van der Waals surface area contributed by atoms with Crippen LogP contribution in [-0.2, 0) is 9.84 Å². The van der Waals surface area contributed by atoms with Gasteiger partial charge in [-0.2, -0.15) is 0 Å². The molecule has 1 aliphatic heterocycles. The Morgan fingerprint density at radius 2 is 2.12 bits per heavy atom.